The van der Waals surface area contributed by atoms with Crippen molar-refractivity contribution in [2.75, 3.05) is 0 Å². The van der Waals surface area contributed by atoms with Crippen molar-refractivity contribution in [1.29, 1.82) is 0 Å². The van der Waals surface area contributed by atoms with E-state index in [9.17, 15) is 20.1 Å². The molecule has 0 aromatic carbocycles. The molecule has 1 heterocycles. The molecule has 7 nitrogen and oxygen atoms in total. The van der Waals surface area contributed by atoms with Crippen LogP contribution in [0.5, 0.6) is 0 Å². The first kappa shape index (κ1) is 18.3. The number of ether oxygens (including phenoxy) is 3. The van der Waals surface area contributed by atoms with Gasteiger partial charge in [-0.3, -0.25) is 0 Å². The SMILES string of the molecule is CC(C)(C)OC1OC(C(=O)O)C(OC(C)(C)C)C(O)C1O. The van der Waals surface area contributed by atoms with Gasteiger partial charge in [0, 0.05) is 0 Å². The molecule has 0 saturated carbocycles. The van der Waals surface area contributed by atoms with Crippen LogP contribution >= 0.6 is 0 Å². The van der Waals surface area contributed by atoms with Gasteiger partial charge in [0.05, 0.1) is 11.2 Å². The molecule has 0 spiro atoms. The second-order valence-electron chi connectivity index (χ2n) is 7.17. The molecule has 3 N–H and O–H groups in total. The molecular formula is C14H26O7. The Bertz CT molecular complexity index is 368. The summed E-state index contributed by atoms with van der Waals surface area (Å²) in [5.74, 6) is -1.28. The maximum atomic E-state index is 11.4. The molecule has 0 aromatic heterocycles. The molecule has 0 aliphatic carbocycles. The number of rotatable bonds is 3. The minimum absolute atomic E-state index is 0.661. The Morgan fingerprint density at radius 3 is 1.81 bits per heavy atom. The third-order valence-electron chi connectivity index (χ3n) is 2.75. The first-order valence-corrected chi connectivity index (χ1v) is 6.92. The molecule has 1 aliphatic rings. The van der Waals surface area contributed by atoms with Crippen molar-refractivity contribution in [2.24, 2.45) is 0 Å². The molecular weight excluding hydrogens is 280 g/mol. The highest BCUT2D eigenvalue weighted by molar-refractivity contribution is 5.73. The lowest BCUT2D eigenvalue weighted by molar-refractivity contribution is -0.326. The zero-order valence-corrected chi connectivity index (χ0v) is 13.4. The normalized spacial score (nSPS) is 34.8. The summed E-state index contributed by atoms with van der Waals surface area (Å²) in [5, 5.41) is 29.6. The third kappa shape index (κ3) is 5.19. The van der Waals surface area contributed by atoms with Crippen LogP contribution in [0.25, 0.3) is 0 Å². The van der Waals surface area contributed by atoms with Gasteiger partial charge in [-0.1, -0.05) is 0 Å². The summed E-state index contributed by atoms with van der Waals surface area (Å²) in [6, 6.07) is 0. The Balaban J connectivity index is 2.97. The molecule has 0 aromatic rings. The Hall–Kier alpha value is -0.730. The van der Waals surface area contributed by atoms with E-state index < -0.39 is 47.9 Å². The predicted octanol–water partition coefficient (Wildman–Crippen LogP) is 0.516. The molecule has 21 heavy (non-hydrogen) atoms. The highest BCUT2D eigenvalue weighted by Gasteiger charge is 2.50. The van der Waals surface area contributed by atoms with Crippen LogP contribution in [0.4, 0.5) is 0 Å². The topological polar surface area (TPSA) is 105 Å². The van der Waals surface area contributed by atoms with E-state index in [1.54, 1.807) is 41.5 Å². The second kappa shape index (κ2) is 6.18. The van der Waals surface area contributed by atoms with Gasteiger partial charge in [-0.05, 0) is 41.5 Å². The molecule has 1 rings (SSSR count). The Kier molecular flexibility index (Phi) is 5.39. The number of aliphatic hydroxyl groups is 2. The number of carbonyl (C=O) groups is 1. The van der Waals surface area contributed by atoms with Crippen LogP contribution in [0.15, 0.2) is 0 Å². The zero-order chi connectivity index (χ0) is 16.6. The van der Waals surface area contributed by atoms with Crippen LogP contribution in [0.3, 0.4) is 0 Å². The van der Waals surface area contributed by atoms with Gasteiger partial charge in [-0.2, -0.15) is 0 Å². The van der Waals surface area contributed by atoms with E-state index in [0.29, 0.717) is 0 Å². The van der Waals surface area contributed by atoms with Crippen LogP contribution in [0.2, 0.25) is 0 Å². The molecule has 0 bridgehead atoms. The van der Waals surface area contributed by atoms with Crippen molar-refractivity contribution < 1.29 is 34.3 Å². The lowest BCUT2D eigenvalue weighted by Gasteiger charge is -2.44. The zero-order valence-electron chi connectivity index (χ0n) is 13.4. The fourth-order valence-electron chi connectivity index (χ4n) is 2.02. The van der Waals surface area contributed by atoms with Crippen molar-refractivity contribution in [3.63, 3.8) is 0 Å². The average Bonchev–Trinajstić information content (AvgIpc) is 2.25. The predicted molar refractivity (Wildman–Crippen MR) is 73.8 cm³/mol. The van der Waals surface area contributed by atoms with Crippen molar-refractivity contribution in [3.05, 3.63) is 0 Å². The van der Waals surface area contributed by atoms with Crippen molar-refractivity contribution >= 4 is 5.97 Å². The molecule has 0 amide bonds. The molecule has 124 valence electrons. The first-order valence-electron chi connectivity index (χ1n) is 6.92. The number of aliphatic carboxylic acids is 1. The number of hydrogen-bond donors (Lipinski definition) is 3. The monoisotopic (exact) mass is 306 g/mol. The van der Waals surface area contributed by atoms with Gasteiger partial charge in [-0.25, -0.2) is 4.79 Å². The summed E-state index contributed by atoms with van der Waals surface area (Å²) in [7, 11) is 0. The van der Waals surface area contributed by atoms with E-state index >= 15 is 0 Å². The van der Waals surface area contributed by atoms with E-state index in [0.717, 1.165) is 0 Å². The van der Waals surface area contributed by atoms with Gasteiger partial charge < -0.3 is 29.5 Å². The van der Waals surface area contributed by atoms with E-state index in [4.69, 9.17) is 14.2 Å². The number of carboxylic acids is 1. The Labute approximate surface area is 124 Å². The largest absolute Gasteiger partial charge is 0.479 e. The fourth-order valence-corrected chi connectivity index (χ4v) is 2.02. The van der Waals surface area contributed by atoms with Gasteiger partial charge in [0.2, 0.25) is 0 Å². The fraction of sp³-hybridized carbons (Fsp3) is 0.929. The summed E-state index contributed by atoms with van der Waals surface area (Å²) in [5.41, 5.74) is -1.35. The third-order valence-corrected chi connectivity index (χ3v) is 2.75. The minimum atomic E-state index is -1.42. The van der Waals surface area contributed by atoms with Crippen molar-refractivity contribution in [2.45, 2.75) is 83.5 Å². The summed E-state index contributed by atoms with van der Waals surface area (Å²) in [4.78, 5) is 11.4. The van der Waals surface area contributed by atoms with Crippen molar-refractivity contribution in [1.82, 2.24) is 0 Å². The first-order chi connectivity index (χ1) is 9.32. The smallest absolute Gasteiger partial charge is 0.335 e. The van der Waals surface area contributed by atoms with Crippen molar-refractivity contribution in [3.8, 4) is 0 Å². The second-order valence-corrected chi connectivity index (χ2v) is 7.17. The number of aliphatic hydroxyl groups excluding tert-OH is 2. The Morgan fingerprint density at radius 1 is 0.952 bits per heavy atom. The number of carboxylic acid groups (broad SMARTS) is 1. The van der Waals surface area contributed by atoms with Gasteiger partial charge in [0.15, 0.2) is 12.4 Å². The molecule has 1 aliphatic heterocycles. The van der Waals surface area contributed by atoms with E-state index in [1.807, 2.05) is 0 Å². The number of hydrogen-bond acceptors (Lipinski definition) is 6. The molecule has 0 radical (unpaired) electrons. The highest BCUT2D eigenvalue weighted by Crippen LogP contribution is 2.29. The quantitative estimate of drug-likeness (QED) is 0.698. The van der Waals surface area contributed by atoms with Gasteiger partial charge in [0.25, 0.3) is 0 Å². The maximum Gasteiger partial charge on any atom is 0.335 e. The van der Waals surface area contributed by atoms with Crippen LogP contribution in [0, 0.1) is 0 Å². The molecule has 5 unspecified atom stereocenters. The van der Waals surface area contributed by atoms with Gasteiger partial charge in [0.1, 0.15) is 18.3 Å². The maximum absolute atomic E-state index is 11.4. The Morgan fingerprint density at radius 2 is 1.43 bits per heavy atom. The van der Waals surface area contributed by atoms with Gasteiger partial charge >= 0.3 is 5.97 Å². The van der Waals surface area contributed by atoms with E-state index in [1.165, 1.54) is 0 Å². The van der Waals surface area contributed by atoms with Crippen LogP contribution < -0.4 is 0 Å². The summed E-state index contributed by atoms with van der Waals surface area (Å²) in [6.45, 7) is 10.4. The summed E-state index contributed by atoms with van der Waals surface area (Å²) in [6.07, 6.45) is -6.66. The standard InChI is InChI=1S/C14H26O7/c1-13(2,3)20-9-7(15)8(16)12(21-14(4,5)6)19-10(9)11(17)18/h7-10,12,15-16H,1-6H3,(H,17,18). The molecule has 1 fully saturated rings. The average molecular weight is 306 g/mol. The van der Waals surface area contributed by atoms with Gasteiger partial charge in [-0.15, -0.1) is 0 Å². The minimum Gasteiger partial charge on any atom is -0.479 e. The summed E-state index contributed by atoms with van der Waals surface area (Å²) >= 11 is 0. The molecule has 5 atom stereocenters. The molecule has 1 saturated heterocycles. The lowest BCUT2D eigenvalue weighted by Crippen LogP contribution is -2.63. The van der Waals surface area contributed by atoms with Crippen LogP contribution in [-0.4, -0.2) is 63.2 Å². The van der Waals surface area contributed by atoms with E-state index in [2.05, 4.69) is 0 Å². The molecule has 7 heteroatoms. The van der Waals surface area contributed by atoms with E-state index in [-0.39, 0.29) is 0 Å². The van der Waals surface area contributed by atoms with Crippen LogP contribution in [-0.2, 0) is 19.0 Å². The van der Waals surface area contributed by atoms with Crippen LogP contribution in [0.1, 0.15) is 41.5 Å². The summed E-state index contributed by atoms with van der Waals surface area (Å²) < 4.78 is 16.3. The lowest BCUT2D eigenvalue weighted by atomic mass is 9.97. The highest BCUT2D eigenvalue weighted by atomic mass is 16.7.